The standard InChI is InChI=1S/C12H14F3NO/c13-12(14,15)10-5-1-2-6-11(10)17-9-4-3-7-16-8-9/h1-2,5-6,9,16H,3-4,7-8H2/t9-/m1/s1. The van der Waals surface area contributed by atoms with Crippen LogP contribution in [-0.2, 0) is 6.18 Å². The van der Waals surface area contributed by atoms with Crippen molar-refractivity contribution in [2.24, 2.45) is 0 Å². The van der Waals surface area contributed by atoms with Gasteiger partial charge in [-0.3, -0.25) is 0 Å². The highest BCUT2D eigenvalue weighted by molar-refractivity contribution is 5.35. The van der Waals surface area contributed by atoms with Crippen molar-refractivity contribution in [3.05, 3.63) is 29.8 Å². The van der Waals surface area contributed by atoms with E-state index in [0.29, 0.717) is 6.54 Å². The van der Waals surface area contributed by atoms with Gasteiger partial charge in [0, 0.05) is 6.54 Å². The summed E-state index contributed by atoms with van der Waals surface area (Å²) < 4.78 is 43.6. The Balaban J connectivity index is 2.14. The van der Waals surface area contributed by atoms with Crippen molar-refractivity contribution in [3.63, 3.8) is 0 Å². The third-order valence-electron chi connectivity index (χ3n) is 2.74. The fourth-order valence-corrected chi connectivity index (χ4v) is 1.90. The van der Waals surface area contributed by atoms with Crippen molar-refractivity contribution in [2.75, 3.05) is 13.1 Å². The van der Waals surface area contributed by atoms with Crippen LogP contribution in [0.1, 0.15) is 18.4 Å². The summed E-state index contributed by atoms with van der Waals surface area (Å²) in [5, 5.41) is 3.11. The molecule has 1 aromatic rings. The molecule has 1 N–H and O–H groups in total. The molecular weight excluding hydrogens is 231 g/mol. The Morgan fingerprint density at radius 2 is 2.00 bits per heavy atom. The lowest BCUT2D eigenvalue weighted by molar-refractivity contribution is -0.139. The number of rotatable bonds is 2. The van der Waals surface area contributed by atoms with Crippen LogP contribution in [0, 0.1) is 0 Å². The van der Waals surface area contributed by atoms with E-state index in [1.54, 1.807) is 6.07 Å². The highest BCUT2D eigenvalue weighted by Crippen LogP contribution is 2.36. The highest BCUT2D eigenvalue weighted by atomic mass is 19.4. The van der Waals surface area contributed by atoms with E-state index in [1.165, 1.54) is 12.1 Å². The molecule has 1 fully saturated rings. The van der Waals surface area contributed by atoms with Gasteiger partial charge in [0.1, 0.15) is 11.9 Å². The van der Waals surface area contributed by atoms with Gasteiger partial charge in [-0.15, -0.1) is 0 Å². The van der Waals surface area contributed by atoms with Crippen LogP contribution >= 0.6 is 0 Å². The number of nitrogens with one attached hydrogen (secondary N) is 1. The lowest BCUT2D eigenvalue weighted by Gasteiger charge is -2.25. The van der Waals surface area contributed by atoms with Gasteiger partial charge in [0.15, 0.2) is 0 Å². The fraction of sp³-hybridized carbons (Fsp3) is 0.500. The van der Waals surface area contributed by atoms with Crippen LogP contribution in [0.4, 0.5) is 13.2 Å². The van der Waals surface area contributed by atoms with Gasteiger partial charge in [-0.1, -0.05) is 12.1 Å². The van der Waals surface area contributed by atoms with Crippen LogP contribution in [0.3, 0.4) is 0 Å². The Bertz CT molecular complexity index is 372. The molecule has 2 rings (SSSR count). The Morgan fingerprint density at radius 1 is 1.24 bits per heavy atom. The van der Waals surface area contributed by atoms with Gasteiger partial charge in [-0.25, -0.2) is 0 Å². The number of hydrogen-bond acceptors (Lipinski definition) is 2. The van der Waals surface area contributed by atoms with Gasteiger partial charge >= 0.3 is 6.18 Å². The topological polar surface area (TPSA) is 21.3 Å². The second-order valence-corrected chi connectivity index (χ2v) is 4.08. The second kappa shape index (κ2) is 4.96. The first kappa shape index (κ1) is 12.2. The number of halogens is 3. The minimum absolute atomic E-state index is 0.0753. The van der Waals surface area contributed by atoms with Crippen LogP contribution in [0.25, 0.3) is 0 Å². The Labute approximate surface area is 97.8 Å². The Kier molecular flexibility index (Phi) is 3.57. The number of hydrogen-bond donors (Lipinski definition) is 1. The van der Waals surface area contributed by atoms with Crippen LogP contribution in [0.2, 0.25) is 0 Å². The maximum Gasteiger partial charge on any atom is 0.419 e. The first-order chi connectivity index (χ1) is 8.07. The molecule has 0 saturated carbocycles. The van der Waals surface area contributed by atoms with Gasteiger partial charge in [0.05, 0.1) is 5.56 Å². The van der Waals surface area contributed by atoms with Crippen molar-refractivity contribution < 1.29 is 17.9 Å². The molecule has 0 unspecified atom stereocenters. The molecule has 0 spiro atoms. The molecule has 0 radical (unpaired) electrons. The molecule has 1 atom stereocenters. The van der Waals surface area contributed by atoms with Gasteiger partial charge in [-0.2, -0.15) is 13.2 Å². The summed E-state index contributed by atoms with van der Waals surface area (Å²) in [7, 11) is 0. The lowest BCUT2D eigenvalue weighted by atomic mass is 10.1. The minimum Gasteiger partial charge on any atom is -0.488 e. The zero-order valence-electron chi connectivity index (χ0n) is 9.26. The number of alkyl halides is 3. The van der Waals surface area contributed by atoms with Crippen molar-refractivity contribution in [1.29, 1.82) is 0 Å². The van der Waals surface area contributed by atoms with Gasteiger partial charge in [0.25, 0.3) is 0 Å². The highest BCUT2D eigenvalue weighted by Gasteiger charge is 2.34. The van der Waals surface area contributed by atoms with Crippen molar-refractivity contribution in [2.45, 2.75) is 25.1 Å². The molecule has 17 heavy (non-hydrogen) atoms. The zero-order chi connectivity index (χ0) is 12.3. The van der Waals surface area contributed by atoms with E-state index in [9.17, 15) is 13.2 Å². The van der Waals surface area contributed by atoms with Crippen LogP contribution < -0.4 is 10.1 Å². The maximum absolute atomic E-state index is 12.7. The summed E-state index contributed by atoms with van der Waals surface area (Å²) in [6.07, 6.45) is -2.82. The van der Waals surface area contributed by atoms with E-state index in [2.05, 4.69) is 5.32 Å². The molecule has 0 amide bonds. The van der Waals surface area contributed by atoms with E-state index in [4.69, 9.17) is 4.74 Å². The Hall–Kier alpha value is -1.23. The predicted octanol–water partition coefficient (Wildman–Crippen LogP) is 2.84. The van der Waals surface area contributed by atoms with E-state index in [1.807, 2.05) is 0 Å². The molecule has 94 valence electrons. The smallest absolute Gasteiger partial charge is 0.419 e. The third-order valence-corrected chi connectivity index (χ3v) is 2.74. The van der Waals surface area contributed by atoms with Crippen molar-refractivity contribution >= 4 is 0 Å². The lowest BCUT2D eigenvalue weighted by Crippen LogP contribution is -2.37. The van der Waals surface area contributed by atoms with E-state index in [0.717, 1.165) is 25.5 Å². The predicted molar refractivity (Wildman–Crippen MR) is 58.0 cm³/mol. The molecule has 1 aliphatic rings. The molecular formula is C12H14F3NO. The molecule has 0 aliphatic carbocycles. The first-order valence-electron chi connectivity index (χ1n) is 5.61. The molecule has 0 aromatic heterocycles. The quantitative estimate of drug-likeness (QED) is 0.865. The van der Waals surface area contributed by atoms with Gasteiger partial charge in [0.2, 0.25) is 0 Å². The summed E-state index contributed by atoms with van der Waals surface area (Å²) in [5.74, 6) is -0.0753. The summed E-state index contributed by atoms with van der Waals surface area (Å²) in [5.41, 5.74) is -0.703. The maximum atomic E-state index is 12.7. The average molecular weight is 245 g/mol. The summed E-state index contributed by atoms with van der Waals surface area (Å²) >= 11 is 0. The summed E-state index contributed by atoms with van der Waals surface area (Å²) in [6.45, 7) is 1.51. The molecule has 1 aliphatic heterocycles. The zero-order valence-corrected chi connectivity index (χ0v) is 9.26. The Morgan fingerprint density at radius 3 is 2.65 bits per heavy atom. The fourth-order valence-electron chi connectivity index (χ4n) is 1.90. The molecule has 1 aromatic carbocycles. The van der Waals surface area contributed by atoms with Crippen LogP contribution in [0.5, 0.6) is 5.75 Å². The second-order valence-electron chi connectivity index (χ2n) is 4.08. The molecule has 1 saturated heterocycles. The number of para-hydroxylation sites is 1. The SMILES string of the molecule is FC(F)(F)c1ccccc1O[C@@H]1CCCNC1. The number of ether oxygens (including phenoxy) is 1. The van der Waals surface area contributed by atoms with E-state index in [-0.39, 0.29) is 11.9 Å². The van der Waals surface area contributed by atoms with Gasteiger partial charge in [-0.05, 0) is 31.5 Å². The molecule has 0 bridgehead atoms. The van der Waals surface area contributed by atoms with Crippen molar-refractivity contribution in [3.8, 4) is 5.75 Å². The monoisotopic (exact) mass is 245 g/mol. The number of piperidine rings is 1. The van der Waals surface area contributed by atoms with Crippen molar-refractivity contribution in [1.82, 2.24) is 5.32 Å². The van der Waals surface area contributed by atoms with E-state index >= 15 is 0 Å². The first-order valence-corrected chi connectivity index (χ1v) is 5.61. The minimum atomic E-state index is -4.36. The molecule has 1 heterocycles. The normalized spacial score (nSPS) is 21.2. The number of benzene rings is 1. The largest absolute Gasteiger partial charge is 0.488 e. The van der Waals surface area contributed by atoms with E-state index < -0.39 is 11.7 Å². The molecule has 2 nitrogen and oxygen atoms in total. The summed E-state index contributed by atoms with van der Waals surface area (Å²) in [4.78, 5) is 0. The average Bonchev–Trinajstić information content (AvgIpc) is 2.30. The summed E-state index contributed by atoms with van der Waals surface area (Å²) in [6, 6.07) is 5.35. The van der Waals surface area contributed by atoms with Crippen LogP contribution in [-0.4, -0.2) is 19.2 Å². The van der Waals surface area contributed by atoms with Gasteiger partial charge < -0.3 is 10.1 Å². The molecule has 5 heteroatoms. The van der Waals surface area contributed by atoms with Crippen LogP contribution in [0.15, 0.2) is 24.3 Å². The third kappa shape index (κ3) is 3.12.